The van der Waals surface area contributed by atoms with Crippen molar-refractivity contribution in [2.24, 2.45) is 7.05 Å². The number of hydrogen-bond acceptors (Lipinski definition) is 2. The van der Waals surface area contributed by atoms with Crippen molar-refractivity contribution in [1.82, 2.24) is 9.13 Å². The summed E-state index contributed by atoms with van der Waals surface area (Å²) in [6.07, 6.45) is 1.87. The maximum absolute atomic E-state index is 12.2. The lowest BCUT2D eigenvalue weighted by molar-refractivity contribution is 0.571. The van der Waals surface area contributed by atoms with Gasteiger partial charge in [-0.1, -0.05) is 34.7 Å². The largest absolute Gasteiger partial charge is 0.331 e. The van der Waals surface area contributed by atoms with Gasteiger partial charge in [-0.25, -0.2) is 4.79 Å². The van der Waals surface area contributed by atoms with Gasteiger partial charge in [0.1, 0.15) is 0 Å². The topological polar surface area (TPSA) is 44.0 Å². The van der Waals surface area contributed by atoms with E-state index in [9.17, 15) is 9.59 Å². The number of fused-ring (bicyclic) bond motifs is 1. The van der Waals surface area contributed by atoms with E-state index in [4.69, 9.17) is 0 Å². The molecule has 0 saturated carbocycles. The fraction of sp³-hybridized carbons (Fsp3) is 0.385. The molecule has 2 rings (SSSR count). The van der Waals surface area contributed by atoms with E-state index in [-0.39, 0.29) is 11.2 Å². The first-order valence-electron chi connectivity index (χ1n) is 5.91. The molecular weight excluding hydrogens is 343 g/mol. The van der Waals surface area contributed by atoms with Gasteiger partial charge < -0.3 is 0 Å². The Hall–Kier alpha value is -1.11. The SMILES string of the molecule is Cn1c(=O)n(CCCCI)c(=O)c2ccccc21. The highest BCUT2D eigenvalue weighted by Crippen LogP contribution is 2.06. The van der Waals surface area contributed by atoms with Crippen molar-refractivity contribution < 1.29 is 0 Å². The van der Waals surface area contributed by atoms with Crippen LogP contribution in [0.15, 0.2) is 33.9 Å². The summed E-state index contributed by atoms with van der Waals surface area (Å²) in [7, 11) is 1.71. The zero-order chi connectivity index (χ0) is 13.1. The van der Waals surface area contributed by atoms with Gasteiger partial charge in [0.2, 0.25) is 0 Å². The third-order valence-corrected chi connectivity index (χ3v) is 3.79. The Morgan fingerprint density at radius 3 is 2.61 bits per heavy atom. The minimum absolute atomic E-state index is 0.179. The number of aryl methyl sites for hydroxylation is 1. The van der Waals surface area contributed by atoms with Crippen LogP contribution in [0, 0.1) is 0 Å². The lowest BCUT2D eigenvalue weighted by atomic mass is 10.2. The summed E-state index contributed by atoms with van der Waals surface area (Å²) in [6.45, 7) is 0.499. The van der Waals surface area contributed by atoms with Gasteiger partial charge in [0.05, 0.1) is 10.9 Å². The Kier molecular flexibility index (Phi) is 4.21. The first kappa shape index (κ1) is 13.3. The minimum atomic E-state index is -0.229. The van der Waals surface area contributed by atoms with Crippen molar-refractivity contribution in [1.29, 1.82) is 0 Å². The Bertz CT molecular complexity index is 673. The molecule has 0 aliphatic rings. The molecule has 18 heavy (non-hydrogen) atoms. The second-order valence-electron chi connectivity index (χ2n) is 4.21. The second kappa shape index (κ2) is 5.69. The molecule has 0 bridgehead atoms. The summed E-state index contributed by atoms with van der Waals surface area (Å²) >= 11 is 2.30. The first-order chi connectivity index (χ1) is 8.66. The highest BCUT2D eigenvalue weighted by atomic mass is 127. The number of benzene rings is 1. The van der Waals surface area contributed by atoms with Crippen LogP contribution in [0.4, 0.5) is 0 Å². The molecule has 0 aliphatic carbocycles. The quantitative estimate of drug-likeness (QED) is 0.476. The first-order valence-corrected chi connectivity index (χ1v) is 7.44. The highest BCUT2D eigenvalue weighted by molar-refractivity contribution is 14.1. The zero-order valence-corrected chi connectivity index (χ0v) is 12.4. The normalized spacial score (nSPS) is 11.0. The molecule has 96 valence electrons. The number of unbranched alkanes of at least 4 members (excludes halogenated alkanes) is 1. The number of rotatable bonds is 4. The maximum atomic E-state index is 12.2. The van der Waals surface area contributed by atoms with Gasteiger partial charge in [-0.3, -0.25) is 13.9 Å². The summed E-state index contributed by atoms with van der Waals surface area (Å²) in [5.74, 6) is 0. The van der Waals surface area contributed by atoms with Crippen molar-refractivity contribution in [2.75, 3.05) is 4.43 Å². The van der Waals surface area contributed by atoms with Crippen LogP contribution < -0.4 is 11.2 Å². The van der Waals surface area contributed by atoms with E-state index >= 15 is 0 Å². The molecule has 4 nitrogen and oxygen atoms in total. The Labute approximate surface area is 118 Å². The summed E-state index contributed by atoms with van der Waals surface area (Å²) in [6, 6.07) is 7.23. The van der Waals surface area contributed by atoms with Crippen LogP contribution in [0.3, 0.4) is 0 Å². The van der Waals surface area contributed by atoms with Gasteiger partial charge in [-0.05, 0) is 29.4 Å². The van der Waals surface area contributed by atoms with Crippen molar-refractivity contribution in [3.63, 3.8) is 0 Å². The molecule has 0 fully saturated rings. The average Bonchev–Trinajstić information content (AvgIpc) is 2.40. The Balaban J connectivity index is 2.60. The predicted molar refractivity (Wildman–Crippen MR) is 81.6 cm³/mol. The summed E-state index contributed by atoms with van der Waals surface area (Å²) < 4.78 is 3.93. The van der Waals surface area contributed by atoms with Crippen molar-refractivity contribution >= 4 is 33.5 Å². The molecule has 0 spiro atoms. The molecule has 0 unspecified atom stereocenters. The summed E-state index contributed by atoms with van der Waals surface area (Å²) in [5, 5.41) is 0.606. The molecule has 0 saturated heterocycles. The van der Waals surface area contributed by atoms with Crippen molar-refractivity contribution in [3.05, 3.63) is 45.1 Å². The maximum Gasteiger partial charge on any atom is 0.331 e. The fourth-order valence-corrected chi connectivity index (χ4v) is 2.56. The Morgan fingerprint density at radius 1 is 1.17 bits per heavy atom. The number of halogens is 1. The van der Waals surface area contributed by atoms with E-state index in [0.717, 1.165) is 17.3 Å². The third kappa shape index (κ3) is 2.36. The third-order valence-electron chi connectivity index (χ3n) is 3.02. The van der Waals surface area contributed by atoms with Crippen LogP contribution in [0.5, 0.6) is 0 Å². The van der Waals surface area contributed by atoms with E-state index in [1.165, 1.54) is 4.57 Å². The monoisotopic (exact) mass is 358 g/mol. The highest BCUT2D eigenvalue weighted by Gasteiger charge is 2.09. The molecule has 0 radical (unpaired) electrons. The van der Waals surface area contributed by atoms with Gasteiger partial charge >= 0.3 is 5.69 Å². The van der Waals surface area contributed by atoms with Gasteiger partial charge in [0, 0.05) is 13.6 Å². The van der Waals surface area contributed by atoms with Gasteiger partial charge in [0.25, 0.3) is 5.56 Å². The average molecular weight is 358 g/mol. The number of alkyl halides is 1. The molecule has 1 aromatic carbocycles. The molecule has 0 amide bonds. The predicted octanol–water partition coefficient (Wildman–Crippen LogP) is 1.92. The molecule has 1 heterocycles. The van der Waals surface area contributed by atoms with Crippen LogP contribution in [0.1, 0.15) is 12.8 Å². The molecule has 0 atom stereocenters. The van der Waals surface area contributed by atoms with Crippen molar-refractivity contribution in [2.45, 2.75) is 19.4 Å². The molecule has 2 aromatic rings. The van der Waals surface area contributed by atoms with Crippen LogP contribution in [-0.4, -0.2) is 13.6 Å². The minimum Gasteiger partial charge on any atom is -0.296 e. The van der Waals surface area contributed by atoms with E-state index in [2.05, 4.69) is 22.6 Å². The van der Waals surface area contributed by atoms with Crippen LogP contribution in [-0.2, 0) is 13.6 Å². The smallest absolute Gasteiger partial charge is 0.296 e. The van der Waals surface area contributed by atoms with E-state index < -0.39 is 0 Å². The lowest BCUT2D eigenvalue weighted by Gasteiger charge is -2.10. The number of aromatic nitrogens is 2. The molecule has 0 aliphatic heterocycles. The van der Waals surface area contributed by atoms with Crippen LogP contribution in [0.2, 0.25) is 0 Å². The number of nitrogens with zero attached hydrogens (tertiary/aromatic N) is 2. The van der Waals surface area contributed by atoms with Gasteiger partial charge in [0.15, 0.2) is 0 Å². The van der Waals surface area contributed by atoms with E-state index in [1.807, 2.05) is 12.1 Å². The van der Waals surface area contributed by atoms with Crippen LogP contribution >= 0.6 is 22.6 Å². The number of hydrogen-bond donors (Lipinski definition) is 0. The van der Waals surface area contributed by atoms with Gasteiger partial charge in [-0.2, -0.15) is 0 Å². The van der Waals surface area contributed by atoms with Gasteiger partial charge in [-0.15, -0.1) is 0 Å². The van der Waals surface area contributed by atoms with Crippen LogP contribution in [0.25, 0.3) is 10.9 Å². The fourth-order valence-electron chi connectivity index (χ4n) is 2.02. The van der Waals surface area contributed by atoms with Crippen molar-refractivity contribution in [3.8, 4) is 0 Å². The lowest BCUT2D eigenvalue weighted by Crippen LogP contribution is -2.39. The number of para-hydroxylation sites is 1. The molecule has 0 N–H and O–H groups in total. The Morgan fingerprint density at radius 2 is 1.89 bits per heavy atom. The molecular formula is C13H15IN2O2. The standard InChI is InChI=1S/C13H15IN2O2/c1-15-11-7-3-2-6-10(11)12(17)16(13(15)18)9-5-4-8-14/h2-3,6-7H,4-5,8-9H2,1H3. The molecule has 5 heteroatoms. The van der Waals surface area contributed by atoms with E-state index in [1.54, 1.807) is 23.7 Å². The molecule has 1 aromatic heterocycles. The summed E-state index contributed by atoms with van der Waals surface area (Å²) in [4.78, 5) is 24.4. The van der Waals surface area contributed by atoms with E-state index in [0.29, 0.717) is 17.4 Å². The zero-order valence-electron chi connectivity index (χ0n) is 10.2. The summed E-state index contributed by atoms with van der Waals surface area (Å²) in [5.41, 5.74) is 0.284. The second-order valence-corrected chi connectivity index (χ2v) is 5.29.